The van der Waals surface area contributed by atoms with Gasteiger partial charge >= 0.3 is 5.97 Å². The fraction of sp³-hybridized carbons (Fsp3) is 0.476. The summed E-state index contributed by atoms with van der Waals surface area (Å²) in [6.07, 6.45) is 1.45. The topological polar surface area (TPSA) is 67.3 Å². The van der Waals surface area contributed by atoms with Crippen LogP contribution >= 0.6 is 0 Å². The van der Waals surface area contributed by atoms with Crippen LogP contribution in [0.4, 0.5) is 10.2 Å². The van der Waals surface area contributed by atoms with Crippen molar-refractivity contribution in [1.29, 1.82) is 0 Å². The first-order valence-electron chi connectivity index (χ1n) is 9.52. The fourth-order valence-corrected chi connectivity index (χ4v) is 3.62. The van der Waals surface area contributed by atoms with Gasteiger partial charge in [0.25, 0.3) is 0 Å². The fourth-order valence-electron chi connectivity index (χ4n) is 3.62. The van der Waals surface area contributed by atoms with Crippen LogP contribution in [-0.2, 0) is 11.2 Å². The molecule has 7 heteroatoms. The molecule has 6 nitrogen and oxygen atoms in total. The molecule has 2 aromatic rings. The van der Waals surface area contributed by atoms with Crippen LogP contribution in [0.15, 0.2) is 24.3 Å². The van der Waals surface area contributed by atoms with Gasteiger partial charge in [-0.05, 0) is 50.6 Å². The second kappa shape index (κ2) is 8.65. The van der Waals surface area contributed by atoms with Gasteiger partial charge in [-0.25, -0.2) is 19.2 Å². The number of halogens is 1. The van der Waals surface area contributed by atoms with Gasteiger partial charge in [0.05, 0.1) is 18.5 Å². The number of rotatable bonds is 5. The van der Waals surface area contributed by atoms with Crippen molar-refractivity contribution in [3.8, 4) is 0 Å². The van der Waals surface area contributed by atoms with Crippen LogP contribution in [0.3, 0.4) is 0 Å². The molecule has 0 spiro atoms. The Morgan fingerprint density at radius 1 is 1.32 bits per heavy atom. The predicted molar refractivity (Wildman–Crippen MR) is 106 cm³/mol. The number of anilines is 1. The molecule has 1 saturated heterocycles. The summed E-state index contributed by atoms with van der Waals surface area (Å²) in [5.41, 5.74) is 2.29. The molecule has 0 bridgehead atoms. The Balaban J connectivity index is 1.93. The second-order valence-electron chi connectivity index (χ2n) is 7.53. The Labute approximate surface area is 165 Å². The molecule has 1 N–H and O–H groups in total. The van der Waals surface area contributed by atoms with Crippen molar-refractivity contribution in [3.05, 3.63) is 52.7 Å². The van der Waals surface area contributed by atoms with Gasteiger partial charge in [0, 0.05) is 19.0 Å². The molecular weight excluding hydrogens is 359 g/mol. The SMILES string of the molecule is COC(=O)c1nc(Cc2ccc(F)cc2)c(N[C@H]2CCN(C)C[C@@H]2C)nc1C. The number of hydrogen-bond acceptors (Lipinski definition) is 6. The number of methoxy groups -OCH3 is 1. The third-order valence-corrected chi connectivity index (χ3v) is 5.24. The van der Waals surface area contributed by atoms with Crippen molar-refractivity contribution in [2.24, 2.45) is 5.92 Å². The van der Waals surface area contributed by atoms with Crippen LogP contribution in [0.25, 0.3) is 0 Å². The van der Waals surface area contributed by atoms with Gasteiger partial charge in [-0.1, -0.05) is 19.1 Å². The zero-order chi connectivity index (χ0) is 20.3. The van der Waals surface area contributed by atoms with Crippen molar-refractivity contribution in [1.82, 2.24) is 14.9 Å². The minimum atomic E-state index is -0.510. The molecule has 1 aliphatic rings. The van der Waals surface area contributed by atoms with Crippen LogP contribution in [0.1, 0.15) is 40.8 Å². The zero-order valence-electron chi connectivity index (χ0n) is 16.8. The molecule has 0 unspecified atom stereocenters. The maximum absolute atomic E-state index is 13.3. The molecule has 0 saturated carbocycles. The van der Waals surface area contributed by atoms with E-state index in [9.17, 15) is 9.18 Å². The van der Waals surface area contributed by atoms with Crippen LogP contribution < -0.4 is 5.32 Å². The van der Waals surface area contributed by atoms with Crippen molar-refractivity contribution in [2.45, 2.75) is 32.7 Å². The minimum absolute atomic E-state index is 0.210. The van der Waals surface area contributed by atoms with Crippen LogP contribution in [0, 0.1) is 18.7 Å². The number of esters is 1. The van der Waals surface area contributed by atoms with Gasteiger partial charge in [-0.2, -0.15) is 0 Å². The molecule has 1 aromatic carbocycles. The standard InChI is InChI=1S/C21H27FN4O2/c1-13-12-26(3)10-9-17(13)25-20-18(11-15-5-7-16(22)8-6-15)24-19(14(2)23-20)21(27)28-4/h5-8,13,17H,9-12H2,1-4H3,(H,23,25)/t13-,17-/m0/s1. The largest absolute Gasteiger partial charge is 0.464 e. The molecule has 0 radical (unpaired) electrons. The first-order chi connectivity index (χ1) is 13.4. The van der Waals surface area contributed by atoms with E-state index in [2.05, 4.69) is 34.2 Å². The Bertz CT molecular complexity index is 841. The molecule has 0 aliphatic carbocycles. The zero-order valence-corrected chi connectivity index (χ0v) is 16.8. The normalized spacial score (nSPS) is 20.0. The third kappa shape index (κ3) is 4.65. The summed E-state index contributed by atoms with van der Waals surface area (Å²) in [5, 5.41) is 3.55. The number of benzene rings is 1. The van der Waals surface area contributed by atoms with E-state index in [4.69, 9.17) is 4.74 Å². The summed E-state index contributed by atoms with van der Waals surface area (Å²) in [4.78, 5) is 23.6. The number of nitrogens with zero attached hydrogens (tertiary/aromatic N) is 3. The molecule has 1 aromatic heterocycles. The van der Waals surface area contributed by atoms with Crippen LogP contribution in [0.5, 0.6) is 0 Å². The van der Waals surface area contributed by atoms with Crippen LogP contribution in [-0.4, -0.2) is 54.1 Å². The highest BCUT2D eigenvalue weighted by Gasteiger charge is 2.26. The van der Waals surface area contributed by atoms with E-state index < -0.39 is 5.97 Å². The Morgan fingerprint density at radius 2 is 2.04 bits per heavy atom. The van der Waals surface area contributed by atoms with Gasteiger partial charge < -0.3 is 15.0 Å². The van der Waals surface area contributed by atoms with E-state index in [1.807, 2.05) is 0 Å². The first-order valence-corrected chi connectivity index (χ1v) is 9.52. The number of aromatic nitrogens is 2. The monoisotopic (exact) mass is 386 g/mol. The summed E-state index contributed by atoms with van der Waals surface area (Å²) >= 11 is 0. The predicted octanol–water partition coefficient (Wildman–Crippen LogP) is 3.05. The average molecular weight is 386 g/mol. The average Bonchev–Trinajstić information content (AvgIpc) is 2.67. The van der Waals surface area contributed by atoms with Crippen molar-refractivity contribution in [3.63, 3.8) is 0 Å². The van der Waals surface area contributed by atoms with Gasteiger partial charge in [0.1, 0.15) is 11.6 Å². The lowest BCUT2D eigenvalue weighted by Gasteiger charge is -2.35. The molecule has 1 fully saturated rings. The molecule has 150 valence electrons. The molecule has 28 heavy (non-hydrogen) atoms. The van der Waals surface area contributed by atoms with Crippen molar-refractivity contribution >= 4 is 11.8 Å². The number of hydrogen-bond donors (Lipinski definition) is 1. The molecule has 2 atom stereocenters. The second-order valence-corrected chi connectivity index (χ2v) is 7.53. The van der Waals surface area contributed by atoms with E-state index in [0.29, 0.717) is 29.5 Å². The van der Waals surface area contributed by atoms with E-state index in [-0.39, 0.29) is 17.6 Å². The van der Waals surface area contributed by atoms with E-state index in [1.165, 1.54) is 19.2 Å². The highest BCUT2D eigenvalue weighted by atomic mass is 19.1. The van der Waals surface area contributed by atoms with Gasteiger partial charge in [0.2, 0.25) is 0 Å². The number of carbonyl (C=O) groups excluding carboxylic acids is 1. The van der Waals surface area contributed by atoms with Gasteiger partial charge in [0.15, 0.2) is 5.69 Å². The van der Waals surface area contributed by atoms with Crippen LogP contribution in [0.2, 0.25) is 0 Å². The maximum atomic E-state index is 13.3. The Kier molecular flexibility index (Phi) is 6.24. The molecule has 3 rings (SSSR count). The Morgan fingerprint density at radius 3 is 2.68 bits per heavy atom. The van der Waals surface area contributed by atoms with E-state index in [1.54, 1.807) is 19.1 Å². The number of likely N-dealkylation sites (tertiary alicyclic amines) is 1. The number of piperidine rings is 1. The summed E-state index contributed by atoms with van der Waals surface area (Å²) in [5.74, 6) is 0.341. The lowest BCUT2D eigenvalue weighted by Crippen LogP contribution is -2.43. The lowest BCUT2D eigenvalue weighted by molar-refractivity contribution is 0.0592. The molecule has 2 heterocycles. The molecule has 1 aliphatic heterocycles. The first kappa shape index (κ1) is 20.2. The number of aryl methyl sites for hydroxylation is 1. The van der Waals surface area contributed by atoms with E-state index in [0.717, 1.165) is 25.1 Å². The summed E-state index contributed by atoms with van der Waals surface area (Å²) in [6.45, 7) is 6.00. The quantitative estimate of drug-likeness (QED) is 0.797. The Hall–Kier alpha value is -2.54. The molecule has 0 amide bonds. The van der Waals surface area contributed by atoms with Crippen molar-refractivity contribution < 1.29 is 13.9 Å². The molecular formula is C21H27FN4O2. The van der Waals surface area contributed by atoms with Crippen molar-refractivity contribution in [2.75, 3.05) is 32.6 Å². The third-order valence-electron chi connectivity index (χ3n) is 5.24. The van der Waals surface area contributed by atoms with Gasteiger partial charge in [-0.3, -0.25) is 0 Å². The minimum Gasteiger partial charge on any atom is -0.464 e. The maximum Gasteiger partial charge on any atom is 0.358 e. The highest BCUT2D eigenvalue weighted by molar-refractivity contribution is 5.88. The lowest BCUT2D eigenvalue weighted by atomic mass is 9.94. The van der Waals surface area contributed by atoms with Gasteiger partial charge in [-0.15, -0.1) is 0 Å². The summed E-state index contributed by atoms with van der Waals surface area (Å²) in [6, 6.07) is 6.56. The smallest absolute Gasteiger partial charge is 0.358 e. The number of ether oxygens (including phenoxy) is 1. The summed E-state index contributed by atoms with van der Waals surface area (Å²) < 4.78 is 18.1. The highest BCUT2D eigenvalue weighted by Crippen LogP contribution is 2.24. The number of carbonyl (C=O) groups is 1. The van der Waals surface area contributed by atoms with E-state index >= 15 is 0 Å². The summed E-state index contributed by atoms with van der Waals surface area (Å²) in [7, 11) is 3.46. The number of nitrogens with one attached hydrogen (secondary N) is 1.